The van der Waals surface area contributed by atoms with Gasteiger partial charge in [-0.2, -0.15) is 0 Å². The van der Waals surface area contributed by atoms with Crippen LogP contribution >= 0.6 is 0 Å². The molecule has 0 unspecified atom stereocenters. The standard InChI is InChI=1S/C21H30O5.C19H28O2/c1-19-7-5-13(23)9-12(19)3-4-14-15-6-8-21(26,17(25)11-22)20(15,2)10-16(24)18(14)19;1-18-9-7-13(20)11-12(18)3-4-14-15-5-6-17(21)19(15,2)10-8-16(14)18/h9,14-16,18,22,24,26H,3-8,10-11H2,1-2H3;11,14-17,21H,3-10H2,1-2H3/t14-,15-,16-,18+,19-,20-,21-;14-,15-,16-,17-,18-,19-/m00/s1. The van der Waals surface area contributed by atoms with Crippen LogP contribution in [0.15, 0.2) is 23.3 Å². The first kappa shape index (κ1) is 33.8. The first-order valence-electron chi connectivity index (χ1n) is 18.8. The fraction of sp³-hybridized carbons (Fsp3) is 0.825. The molecule has 0 radical (unpaired) electrons. The summed E-state index contributed by atoms with van der Waals surface area (Å²) in [4.78, 5) is 36.0. The quantitative estimate of drug-likeness (QED) is 0.303. The lowest BCUT2D eigenvalue weighted by Gasteiger charge is -2.60. The average molecular weight is 651 g/mol. The zero-order valence-corrected chi connectivity index (χ0v) is 29.1. The van der Waals surface area contributed by atoms with Crippen LogP contribution in [-0.2, 0) is 14.4 Å². The predicted molar refractivity (Wildman–Crippen MR) is 178 cm³/mol. The van der Waals surface area contributed by atoms with Crippen molar-refractivity contribution in [2.75, 3.05) is 6.61 Å². The molecule has 4 N–H and O–H groups in total. The minimum Gasteiger partial charge on any atom is -0.393 e. The van der Waals surface area contributed by atoms with Crippen LogP contribution in [0.5, 0.6) is 0 Å². The predicted octanol–water partition coefficient (Wildman–Crippen LogP) is 5.66. The van der Waals surface area contributed by atoms with E-state index in [2.05, 4.69) is 20.8 Å². The molecule has 6 fully saturated rings. The van der Waals surface area contributed by atoms with Crippen molar-refractivity contribution in [3.8, 4) is 0 Å². The molecule has 0 aromatic rings. The molecule has 6 saturated carbocycles. The third-order valence-corrected chi connectivity index (χ3v) is 16.6. The molecule has 47 heavy (non-hydrogen) atoms. The Morgan fingerprint density at radius 1 is 0.723 bits per heavy atom. The molecule has 13 atom stereocenters. The number of allylic oxidation sites excluding steroid dienone is 2. The van der Waals surface area contributed by atoms with E-state index in [1.54, 1.807) is 6.08 Å². The van der Waals surface area contributed by atoms with Crippen LogP contribution in [0.2, 0.25) is 0 Å². The van der Waals surface area contributed by atoms with Gasteiger partial charge in [-0.05, 0) is 147 Å². The topological polar surface area (TPSA) is 132 Å². The fourth-order valence-electron chi connectivity index (χ4n) is 13.8. The van der Waals surface area contributed by atoms with Gasteiger partial charge in [0.05, 0.1) is 12.2 Å². The molecule has 0 aliphatic heterocycles. The van der Waals surface area contributed by atoms with E-state index in [0.29, 0.717) is 31.0 Å². The average Bonchev–Trinajstić information content (AvgIpc) is 3.49. The molecule has 7 heteroatoms. The van der Waals surface area contributed by atoms with Crippen molar-refractivity contribution < 1.29 is 34.8 Å². The summed E-state index contributed by atoms with van der Waals surface area (Å²) in [6.45, 7) is 8.22. The maximum Gasteiger partial charge on any atom is 0.190 e. The Bertz CT molecular complexity index is 1400. The summed E-state index contributed by atoms with van der Waals surface area (Å²) in [5.41, 5.74) is 0.654. The van der Waals surface area contributed by atoms with Gasteiger partial charge in [-0.3, -0.25) is 14.4 Å². The highest BCUT2D eigenvalue weighted by molar-refractivity contribution is 5.92. The maximum atomic E-state index is 12.4. The normalized spacial score (nSPS) is 51.5. The van der Waals surface area contributed by atoms with E-state index in [9.17, 15) is 34.8 Å². The van der Waals surface area contributed by atoms with E-state index in [1.165, 1.54) is 36.8 Å². The lowest BCUT2D eigenvalue weighted by atomic mass is 9.45. The molecule has 0 spiro atoms. The lowest BCUT2D eigenvalue weighted by Crippen LogP contribution is -2.62. The Balaban J connectivity index is 0.000000153. The van der Waals surface area contributed by atoms with Crippen LogP contribution in [0.3, 0.4) is 0 Å². The highest BCUT2D eigenvalue weighted by Crippen LogP contribution is 2.68. The van der Waals surface area contributed by atoms with Crippen LogP contribution in [0.1, 0.15) is 124 Å². The molecule has 0 saturated heterocycles. The zero-order chi connectivity index (χ0) is 33.7. The van der Waals surface area contributed by atoms with Crippen molar-refractivity contribution in [1.82, 2.24) is 0 Å². The minimum atomic E-state index is -1.54. The smallest absolute Gasteiger partial charge is 0.190 e. The third-order valence-electron chi connectivity index (χ3n) is 16.6. The highest BCUT2D eigenvalue weighted by Gasteiger charge is 2.68. The Labute approximate surface area is 280 Å². The Kier molecular flexibility index (Phi) is 8.22. The van der Waals surface area contributed by atoms with Crippen LogP contribution < -0.4 is 0 Å². The molecular weight excluding hydrogens is 592 g/mol. The van der Waals surface area contributed by atoms with E-state index < -0.39 is 29.5 Å². The number of aliphatic hydroxyl groups is 4. The number of aliphatic hydroxyl groups excluding tert-OH is 3. The number of ketones is 3. The molecule has 8 rings (SSSR count). The molecular formula is C40H58O7. The van der Waals surface area contributed by atoms with Gasteiger partial charge in [-0.15, -0.1) is 0 Å². The maximum absolute atomic E-state index is 12.4. The summed E-state index contributed by atoms with van der Waals surface area (Å²) in [7, 11) is 0. The Hall–Kier alpha value is -1.67. The summed E-state index contributed by atoms with van der Waals surface area (Å²) in [6.07, 6.45) is 16.4. The number of carbonyl (C=O) groups is 3. The molecule has 8 aliphatic rings. The molecule has 0 amide bonds. The van der Waals surface area contributed by atoms with Gasteiger partial charge in [0.1, 0.15) is 12.2 Å². The van der Waals surface area contributed by atoms with Crippen molar-refractivity contribution in [2.24, 2.45) is 57.2 Å². The second kappa shape index (κ2) is 11.4. The van der Waals surface area contributed by atoms with Crippen molar-refractivity contribution in [3.63, 3.8) is 0 Å². The number of rotatable bonds is 2. The first-order chi connectivity index (χ1) is 22.1. The number of fused-ring (bicyclic) bond motifs is 10. The van der Waals surface area contributed by atoms with E-state index in [1.807, 2.05) is 13.0 Å². The Morgan fingerprint density at radius 3 is 1.98 bits per heavy atom. The second-order valence-electron chi connectivity index (χ2n) is 18.2. The highest BCUT2D eigenvalue weighted by atomic mass is 16.3. The van der Waals surface area contributed by atoms with Crippen molar-refractivity contribution in [3.05, 3.63) is 23.3 Å². The van der Waals surface area contributed by atoms with Gasteiger partial charge in [-0.1, -0.05) is 38.8 Å². The van der Waals surface area contributed by atoms with Crippen LogP contribution in [0.25, 0.3) is 0 Å². The number of hydrogen-bond acceptors (Lipinski definition) is 7. The molecule has 260 valence electrons. The zero-order valence-electron chi connectivity index (χ0n) is 29.1. The first-order valence-corrected chi connectivity index (χ1v) is 18.8. The van der Waals surface area contributed by atoms with Gasteiger partial charge in [0.15, 0.2) is 17.3 Å². The summed E-state index contributed by atoms with van der Waals surface area (Å²) < 4.78 is 0. The SMILES string of the molecule is C[C@]12CCC(=O)C=C1CC[C@@H]1[C@@H]2[C@@H](O)C[C@@]2(C)[C@H]1CC[C@]2(O)C(=O)CO.C[C@]12CC[C@H]3[C@@H](CCC4=CC(=O)CC[C@@]43C)[C@@H]1CC[C@@H]2O. The summed E-state index contributed by atoms with van der Waals surface area (Å²) in [5, 5.41) is 42.2. The van der Waals surface area contributed by atoms with Crippen LogP contribution in [0, 0.1) is 57.2 Å². The second-order valence-corrected chi connectivity index (χ2v) is 18.2. The van der Waals surface area contributed by atoms with Gasteiger partial charge in [0.25, 0.3) is 0 Å². The van der Waals surface area contributed by atoms with Crippen LogP contribution in [-0.4, -0.2) is 62.2 Å². The van der Waals surface area contributed by atoms with E-state index in [0.717, 1.165) is 63.2 Å². The molecule has 0 heterocycles. The van der Waals surface area contributed by atoms with Crippen LogP contribution in [0.4, 0.5) is 0 Å². The van der Waals surface area contributed by atoms with E-state index >= 15 is 0 Å². The van der Waals surface area contributed by atoms with Gasteiger partial charge in [0.2, 0.25) is 0 Å². The monoisotopic (exact) mass is 650 g/mol. The van der Waals surface area contributed by atoms with Gasteiger partial charge >= 0.3 is 0 Å². The molecule has 0 aromatic carbocycles. The molecule has 7 nitrogen and oxygen atoms in total. The van der Waals surface area contributed by atoms with E-state index in [4.69, 9.17) is 0 Å². The minimum absolute atomic E-state index is 0.0697. The Morgan fingerprint density at radius 2 is 1.32 bits per heavy atom. The van der Waals surface area contributed by atoms with Crippen molar-refractivity contribution in [2.45, 2.75) is 142 Å². The molecule has 0 bridgehead atoms. The number of carbonyl (C=O) groups excluding carboxylic acids is 3. The van der Waals surface area contributed by atoms with Gasteiger partial charge < -0.3 is 20.4 Å². The van der Waals surface area contributed by atoms with E-state index in [-0.39, 0.29) is 45.9 Å². The summed E-state index contributed by atoms with van der Waals surface area (Å²) in [5.74, 6) is 2.71. The summed E-state index contributed by atoms with van der Waals surface area (Å²) >= 11 is 0. The largest absolute Gasteiger partial charge is 0.393 e. The molecule has 0 aromatic heterocycles. The molecule has 8 aliphatic carbocycles. The number of hydrogen-bond donors (Lipinski definition) is 4. The van der Waals surface area contributed by atoms with Crippen molar-refractivity contribution >= 4 is 17.3 Å². The number of Topliss-reactive ketones (excluding diaryl/α,β-unsaturated/α-hetero) is 1. The lowest BCUT2D eigenvalue weighted by molar-refractivity contribution is -0.182. The third kappa shape index (κ3) is 4.75. The van der Waals surface area contributed by atoms with Crippen molar-refractivity contribution in [1.29, 1.82) is 0 Å². The van der Waals surface area contributed by atoms with Gasteiger partial charge in [0, 0.05) is 18.3 Å². The van der Waals surface area contributed by atoms with Gasteiger partial charge in [-0.25, -0.2) is 0 Å². The summed E-state index contributed by atoms with van der Waals surface area (Å²) in [6, 6.07) is 0. The fourth-order valence-corrected chi connectivity index (χ4v) is 13.8.